The third-order valence-electron chi connectivity index (χ3n) is 6.29. The Kier molecular flexibility index (Phi) is 4.86. The molecule has 3 aromatic rings. The number of aromatic nitrogens is 1. The standard InChI is InChI=1S/C24H27N3O2/c1-2-29-22(28)15-26-14-20(17-8-4-3-5-9-17)24-23-19(12-13-27(24)16-26)18-10-6-7-11-21(18)25-23/h3-11,20,24-25H,2,12-16H2,1H3/t20-,24-/m0/s1. The molecule has 0 amide bonds. The molecule has 0 spiro atoms. The molecule has 0 bridgehead atoms. The zero-order valence-electron chi connectivity index (χ0n) is 16.8. The van der Waals surface area contributed by atoms with Crippen molar-refractivity contribution in [2.75, 3.05) is 32.9 Å². The maximum absolute atomic E-state index is 12.1. The predicted octanol–water partition coefficient (Wildman–Crippen LogP) is 3.69. The van der Waals surface area contributed by atoms with Crippen LogP contribution in [0.2, 0.25) is 0 Å². The molecule has 0 aliphatic carbocycles. The molecule has 1 N–H and O–H groups in total. The highest BCUT2D eigenvalue weighted by atomic mass is 16.5. The molecule has 5 heteroatoms. The van der Waals surface area contributed by atoms with Crippen molar-refractivity contribution in [3.05, 3.63) is 71.4 Å². The maximum Gasteiger partial charge on any atom is 0.320 e. The Bertz CT molecular complexity index is 1010. The van der Waals surface area contributed by atoms with Crippen molar-refractivity contribution in [1.29, 1.82) is 0 Å². The van der Waals surface area contributed by atoms with Crippen LogP contribution in [0, 0.1) is 0 Å². The van der Waals surface area contributed by atoms with E-state index in [0.29, 0.717) is 25.1 Å². The lowest BCUT2D eigenvalue weighted by molar-refractivity contribution is -0.146. The summed E-state index contributed by atoms with van der Waals surface area (Å²) in [7, 11) is 0. The first-order chi connectivity index (χ1) is 14.2. The molecule has 2 atom stereocenters. The fourth-order valence-electron chi connectivity index (χ4n) is 5.12. The molecule has 150 valence electrons. The van der Waals surface area contributed by atoms with Crippen molar-refractivity contribution in [1.82, 2.24) is 14.8 Å². The molecule has 0 unspecified atom stereocenters. The van der Waals surface area contributed by atoms with Gasteiger partial charge in [-0.05, 0) is 30.5 Å². The van der Waals surface area contributed by atoms with Gasteiger partial charge in [0.2, 0.25) is 0 Å². The third-order valence-corrected chi connectivity index (χ3v) is 6.29. The fraction of sp³-hybridized carbons (Fsp3) is 0.375. The topological polar surface area (TPSA) is 48.6 Å². The van der Waals surface area contributed by atoms with Gasteiger partial charge in [-0.15, -0.1) is 0 Å². The molecule has 0 saturated carbocycles. The van der Waals surface area contributed by atoms with Crippen molar-refractivity contribution in [2.45, 2.75) is 25.3 Å². The summed E-state index contributed by atoms with van der Waals surface area (Å²) in [5.74, 6) is 0.160. The van der Waals surface area contributed by atoms with E-state index in [0.717, 1.165) is 26.2 Å². The van der Waals surface area contributed by atoms with Crippen LogP contribution < -0.4 is 0 Å². The van der Waals surface area contributed by atoms with Crippen LogP contribution >= 0.6 is 0 Å². The molecule has 1 fully saturated rings. The molecule has 1 saturated heterocycles. The van der Waals surface area contributed by atoms with Gasteiger partial charge in [-0.25, -0.2) is 0 Å². The Morgan fingerprint density at radius 1 is 1.14 bits per heavy atom. The first-order valence-corrected chi connectivity index (χ1v) is 10.5. The van der Waals surface area contributed by atoms with Gasteiger partial charge in [0.05, 0.1) is 25.9 Å². The van der Waals surface area contributed by atoms with Crippen LogP contribution in [-0.2, 0) is 16.0 Å². The van der Waals surface area contributed by atoms with Gasteiger partial charge in [0.1, 0.15) is 0 Å². The van der Waals surface area contributed by atoms with E-state index in [4.69, 9.17) is 4.74 Å². The average molecular weight is 389 g/mol. The molecule has 0 radical (unpaired) electrons. The van der Waals surface area contributed by atoms with Gasteiger partial charge < -0.3 is 9.72 Å². The van der Waals surface area contributed by atoms with E-state index < -0.39 is 0 Å². The van der Waals surface area contributed by atoms with E-state index in [2.05, 4.69) is 69.4 Å². The monoisotopic (exact) mass is 389 g/mol. The van der Waals surface area contributed by atoms with Crippen molar-refractivity contribution in [3.8, 4) is 0 Å². The number of benzene rings is 2. The van der Waals surface area contributed by atoms with E-state index in [1.165, 1.54) is 27.7 Å². The largest absolute Gasteiger partial charge is 0.465 e. The van der Waals surface area contributed by atoms with Crippen molar-refractivity contribution in [2.24, 2.45) is 0 Å². The molecular weight excluding hydrogens is 362 g/mol. The summed E-state index contributed by atoms with van der Waals surface area (Å²) >= 11 is 0. The second-order valence-electron chi connectivity index (χ2n) is 8.05. The minimum atomic E-state index is -0.138. The molecular formula is C24H27N3O2. The number of nitrogens with zero attached hydrogens (tertiary/aromatic N) is 2. The Morgan fingerprint density at radius 3 is 2.76 bits per heavy atom. The Morgan fingerprint density at radius 2 is 1.93 bits per heavy atom. The molecule has 5 nitrogen and oxygen atoms in total. The summed E-state index contributed by atoms with van der Waals surface area (Å²) in [6, 6.07) is 19.6. The minimum Gasteiger partial charge on any atom is -0.465 e. The van der Waals surface area contributed by atoms with E-state index in [1.807, 2.05) is 6.92 Å². The van der Waals surface area contributed by atoms with E-state index >= 15 is 0 Å². The second kappa shape index (κ2) is 7.65. The number of esters is 1. The molecule has 3 heterocycles. The quantitative estimate of drug-likeness (QED) is 0.692. The number of para-hydroxylation sites is 1. The van der Waals surface area contributed by atoms with Crippen LogP contribution in [-0.4, -0.2) is 53.7 Å². The van der Waals surface area contributed by atoms with Gasteiger partial charge in [-0.3, -0.25) is 14.6 Å². The van der Waals surface area contributed by atoms with Gasteiger partial charge in [0, 0.05) is 35.6 Å². The molecule has 5 rings (SSSR count). The normalized spacial score (nSPS) is 22.2. The molecule has 29 heavy (non-hydrogen) atoms. The van der Waals surface area contributed by atoms with Gasteiger partial charge in [-0.1, -0.05) is 48.5 Å². The SMILES string of the molecule is CCOC(=O)CN1C[C@@H](c2ccccc2)[C@H]2c3[nH]c4ccccc4c3CCN2C1. The highest BCUT2D eigenvalue weighted by Crippen LogP contribution is 2.44. The van der Waals surface area contributed by atoms with Crippen LogP contribution in [0.1, 0.15) is 35.7 Å². The Hall–Kier alpha value is -2.63. The number of nitrogens with one attached hydrogen (secondary N) is 1. The lowest BCUT2D eigenvalue weighted by atomic mass is 9.82. The van der Waals surface area contributed by atoms with E-state index in [9.17, 15) is 4.79 Å². The number of carbonyl (C=O) groups excluding carboxylic acids is 1. The van der Waals surface area contributed by atoms with Gasteiger partial charge >= 0.3 is 5.97 Å². The minimum absolute atomic E-state index is 0.138. The number of fused-ring (bicyclic) bond motifs is 5. The summed E-state index contributed by atoms with van der Waals surface area (Å²) in [5, 5.41) is 1.35. The first kappa shape index (κ1) is 18.4. The van der Waals surface area contributed by atoms with Gasteiger partial charge in [0.15, 0.2) is 0 Å². The fourth-order valence-corrected chi connectivity index (χ4v) is 5.12. The average Bonchev–Trinajstić information content (AvgIpc) is 3.12. The van der Waals surface area contributed by atoms with Crippen LogP contribution in [0.15, 0.2) is 54.6 Å². The van der Waals surface area contributed by atoms with Crippen molar-refractivity contribution < 1.29 is 9.53 Å². The smallest absolute Gasteiger partial charge is 0.320 e. The van der Waals surface area contributed by atoms with Gasteiger partial charge in [-0.2, -0.15) is 0 Å². The predicted molar refractivity (Wildman–Crippen MR) is 114 cm³/mol. The van der Waals surface area contributed by atoms with Crippen LogP contribution in [0.5, 0.6) is 0 Å². The third kappa shape index (κ3) is 3.34. The van der Waals surface area contributed by atoms with Crippen molar-refractivity contribution >= 4 is 16.9 Å². The number of aromatic amines is 1. The second-order valence-corrected chi connectivity index (χ2v) is 8.05. The highest BCUT2D eigenvalue weighted by molar-refractivity contribution is 5.85. The van der Waals surface area contributed by atoms with Crippen LogP contribution in [0.3, 0.4) is 0 Å². The number of H-pyrrole nitrogens is 1. The maximum atomic E-state index is 12.1. The molecule has 2 aromatic carbocycles. The number of carbonyl (C=O) groups is 1. The summed E-state index contributed by atoms with van der Waals surface area (Å²) in [4.78, 5) is 20.6. The number of hydrogen-bond acceptors (Lipinski definition) is 4. The lowest BCUT2D eigenvalue weighted by Crippen LogP contribution is -2.53. The molecule has 2 aliphatic rings. The Labute approximate surface area is 171 Å². The number of ether oxygens (including phenoxy) is 1. The zero-order valence-corrected chi connectivity index (χ0v) is 16.8. The lowest BCUT2D eigenvalue weighted by Gasteiger charge is -2.48. The van der Waals surface area contributed by atoms with Crippen molar-refractivity contribution in [3.63, 3.8) is 0 Å². The van der Waals surface area contributed by atoms with Crippen LogP contribution in [0.25, 0.3) is 10.9 Å². The summed E-state index contributed by atoms with van der Waals surface area (Å²) < 4.78 is 5.21. The highest BCUT2D eigenvalue weighted by Gasteiger charge is 2.41. The Balaban J connectivity index is 1.53. The van der Waals surface area contributed by atoms with Gasteiger partial charge in [0.25, 0.3) is 0 Å². The summed E-state index contributed by atoms with van der Waals surface area (Å²) in [5.41, 5.74) is 5.35. The molecule has 2 aliphatic heterocycles. The molecule has 1 aromatic heterocycles. The van der Waals surface area contributed by atoms with E-state index in [1.54, 1.807) is 0 Å². The number of rotatable bonds is 4. The van der Waals surface area contributed by atoms with Crippen LogP contribution in [0.4, 0.5) is 0 Å². The van der Waals surface area contributed by atoms with E-state index in [-0.39, 0.29) is 5.97 Å². The number of hydrogen-bond donors (Lipinski definition) is 1. The summed E-state index contributed by atoms with van der Waals surface area (Å²) in [6.07, 6.45) is 1.03. The summed E-state index contributed by atoms with van der Waals surface area (Å²) in [6.45, 7) is 5.28. The first-order valence-electron chi connectivity index (χ1n) is 10.5. The zero-order chi connectivity index (χ0) is 19.8.